The second-order valence-corrected chi connectivity index (χ2v) is 9.28. The quantitative estimate of drug-likeness (QED) is 0.424. The SMILES string of the molecule is CCNC(=NCC1(NC(C)c2ccccc2)CCOCC1)NC1CCN(c2ccccc2)C1. The highest BCUT2D eigenvalue weighted by molar-refractivity contribution is 5.80. The lowest BCUT2D eigenvalue weighted by Crippen LogP contribution is -2.53. The normalized spacial score (nSPS) is 21.6. The van der Waals surface area contributed by atoms with E-state index in [1.54, 1.807) is 0 Å². The lowest BCUT2D eigenvalue weighted by atomic mass is 9.88. The number of para-hydroxylation sites is 1. The first-order valence-electron chi connectivity index (χ1n) is 12.4. The fourth-order valence-electron chi connectivity index (χ4n) is 4.89. The van der Waals surface area contributed by atoms with E-state index in [2.05, 4.69) is 95.4 Å². The van der Waals surface area contributed by atoms with Gasteiger partial charge in [0.1, 0.15) is 0 Å². The van der Waals surface area contributed by atoms with Gasteiger partial charge < -0.3 is 25.6 Å². The lowest BCUT2D eigenvalue weighted by molar-refractivity contribution is 0.0374. The first-order valence-corrected chi connectivity index (χ1v) is 12.4. The maximum absolute atomic E-state index is 5.70. The van der Waals surface area contributed by atoms with Crippen LogP contribution in [0.25, 0.3) is 0 Å². The molecule has 0 aromatic heterocycles. The van der Waals surface area contributed by atoms with Gasteiger partial charge in [-0.2, -0.15) is 0 Å². The van der Waals surface area contributed by atoms with E-state index < -0.39 is 0 Å². The van der Waals surface area contributed by atoms with Gasteiger partial charge in [0.05, 0.1) is 6.54 Å². The third-order valence-corrected chi connectivity index (χ3v) is 6.81. The topological polar surface area (TPSA) is 60.9 Å². The number of guanidine groups is 1. The van der Waals surface area contributed by atoms with Crippen molar-refractivity contribution in [2.45, 2.75) is 50.7 Å². The largest absolute Gasteiger partial charge is 0.381 e. The predicted octanol–water partition coefficient (Wildman–Crippen LogP) is 3.72. The van der Waals surface area contributed by atoms with Gasteiger partial charge in [-0.3, -0.25) is 4.99 Å². The Morgan fingerprint density at radius 3 is 2.48 bits per heavy atom. The average molecular weight is 450 g/mol. The molecule has 0 amide bonds. The summed E-state index contributed by atoms with van der Waals surface area (Å²) >= 11 is 0. The van der Waals surface area contributed by atoms with Crippen LogP contribution in [0.3, 0.4) is 0 Å². The number of hydrogen-bond donors (Lipinski definition) is 3. The van der Waals surface area contributed by atoms with Crippen molar-refractivity contribution in [1.29, 1.82) is 0 Å². The Morgan fingerprint density at radius 1 is 1.09 bits per heavy atom. The molecule has 0 saturated carbocycles. The molecule has 0 spiro atoms. The Hall–Kier alpha value is -2.57. The van der Waals surface area contributed by atoms with Crippen LogP contribution in [0, 0.1) is 0 Å². The van der Waals surface area contributed by atoms with E-state index >= 15 is 0 Å². The monoisotopic (exact) mass is 449 g/mol. The van der Waals surface area contributed by atoms with Crippen molar-refractivity contribution in [3.63, 3.8) is 0 Å². The fraction of sp³-hybridized carbons (Fsp3) is 0.519. The highest BCUT2D eigenvalue weighted by Gasteiger charge is 2.34. The Labute approximate surface area is 198 Å². The molecule has 2 aromatic carbocycles. The molecular formula is C27H39N5O. The number of nitrogens with zero attached hydrogens (tertiary/aromatic N) is 2. The van der Waals surface area contributed by atoms with Crippen LogP contribution in [-0.4, -0.2) is 56.9 Å². The molecule has 0 radical (unpaired) electrons. The third kappa shape index (κ3) is 6.49. The van der Waals surface area contributed by atoms with Crippen molar-refractivity contribution < 1.29 is 4.74 Å². The molecule has 2 atom stereocenters. The van der Waals surface area contributed by atoms with Crippen molar-refractivity contribution in [1.82, 2.24) is 16.0 Å². The Balaban J connectivity index is 1.41. The van der Waals surface area contributed by atoms with E-state index in [0.29, 0.717) is 6.04 Å². The number of nitrogens with one attached hydrogen (secondary N) is 3. The molecule has 2 fully saturated rings. The zero-order chi connectivity index (χ0) is 22.9. The van der Waals surface area contributed by atoms with Crippen molar-refractivity contribution >= 4 is 11.6 Å². The predicted molar refractivity (Wildman–Crippen MR) is 137 cm³/mol. The van der Waals surface area contributed by atoms with Gasteiger partial charge in [-0.1, -0.05) is 48.5 Å². The van der Waals surface area contributed by atoms with Crippen LogP contribution in [0.2, 0.25) is 0 Å². The van der Waals surface area contributed by atoms with Crippen molar-refractivity contribution in [2.24, 2.45) is 4.99 Å². The van der Waals surface area contributed by atoms with Crippen LogP contribution < -0.4 is 20.9 Å². The van der Waals surface area contributed by atoms with E-state index in [0.717, 1.165) is 64.6 Å². The number of benzene rings is 2. The van der Waals surface area contributed by atoms with Gasteiger partial charge in [0, 0.05) is 56.2 Å². The van der Waals surface area contributed by atoms with Crippen LogP contribution in [0.1, 0.15) is 44.7 Å². The Kier molecular flexibility index (Phi) is 8.24. The summed E-state index contributed by atoms with van der Waals surface area (Å²) in [6.07, 6.45) is 3.05. The maximum atomic E-state index is 5.70. The molecule has 2 heterocycles. The third-order valence-electron chi connectivity index (χ3n) is 6.81. The molecule has 2 saturated heterocycles. The maximum Gasteiger partial charge on any atom is 0.191 e. The molecule has 6 heteroatoms. The lowest BCUT2D eigenvalue weighted by Gasteiger charge is -2.39. The molecular weight excluding hydrogens is 410 g/mol. The van der Waals surface area contributed by atoms with Crippen LogP contribution in [0.5, 0.6) is 0 Å². The van der Waals surface area contributed by atoms with Crippen molar-refractivity contribution in [2.75, 3.05) is 44.3 Å². The summed E-state index contributed by atoms with van der Waals surface area (Å²) in [5, 5.41) is 11.1. The van der Waals surface area contributed by atoms with E-state index in [9.17, 15) is 0 Å². The highest BCUT2D eigenvalue weighted by atomic mass is 16.5. The van der Waals surface area contributed by atoms with Crippen LogP contribution in [0.4, 0.5) is 5.69 Å². The number of hydrogen-bond acceptors (Lipinski definition) is 4. The Bertz CT molecular complexity index is 867. The Morgan fingerprint density at radius 2 is 1.79 bits per heavy atom. The van der Waals surface area contributed by atoms with Crippen molar-refractivity contribution in [3.05, 3.63) is 66.2 Å². The molecule has 2 unspecified atom stereocenters. The van der Waals surface area contributed by atoms with Gasteiger partial charge >= 0.3 is 0 Å². The molecule has 2 aliphatic heterocycles. The number of rotatable bonds is 8. The smallest absolute Gasteiger partial charge is 0.191 e. The number of ether oxygens (including phenoxy) is 1. The molecule has 3 N–H and O–H groups in total. The standard InChI is InChI=1S/C27H39N5O/c1-3-28-26(30-24-14-17-32(20-24)25-12-8-5-9-13-25)29-21-27(15-18-33-19-16-27)31-22(2)23-10-6-4-7-11-23/h4-13,22,24,31H,3,14-21H2,1-2H3,(H2,28,29,30). The summed E-state index contributed by atoms with van der Waals surface area (Å²) < 4.78 is 5.70. The second-order valence-electron chi connectivity index (χ2n) is 9.28. The molecule has 0 aliphatic carbocycles. The van der Waals surface area contributed by atoms with E-state index in [1.807, 2.05) is 0 Å². The van der Waals surface area contributed by atoms with Gasteiger partial charge in [0.2, 0.25) is 0 Å². The van der Waals surface area contributed by atoms with Gasteiger partial charge in [-0.25, -0.2) is 0 Å². The van der Waals surface area contributed by atoms with Crippen LogP contribution in [0.15, 0.2) is 65.7 Å². The summed E-state index contributed by atoms with van der Waals surface area (Å²) in [5.41, 5.74) is 2.55. The van der Waals surface area contributed by atoms with Gasteiger partial charge in [0.25, 0.3) is 0 Å². The van der Waals surface area contributed by atoms with Gasteiger partial charge in [-0.15, -0.1) is 0 Å². The highest BCUT2D eigenvalue weighted by Crippen LogP contribution is 2.26. The zero-order valence-electron chi connectivity index (χ0n) is 20.1. The summed E-state index contributed by atoms with van der Waals surface area (Å²) in [4.78, 5) is 7.52. The summed E-state index contributed by atoms with van der Waals surface area (Å²) in [6.45, 7) is 9.59. The summed E-state index contributed by atoms with van der Waals surface area (Å²) in [5.74, 6) is 0.914. The minimum absolute atomic E-state index is 0.0540. The van der Waals surface area contributed by atoms with Crippen molar-refractivity contribution in [3.8, 4) is 0 Å². The van der Waals surface area contributed by atoms with Gasteiger partial charge in [0.15, 0.2) is 5.96 Å². The van der Waals surface area contributed by atoms with E-state index in [4.69, 9.17) is 9.73 Å². The number of anilines is 1. The molecule has 6 nitrogen and oxygen atoms in total. The number of aliphatic imine (C=N–C) groups is 1. The van der Waals surface area contributed by atoms with Gasteiger partial charge in [-0.05, 0) is 50.8 Å². The molecule has 4 rings (SSSR count). The van der Waals surface area contributed by atoms with Crippen LogP contribution in [-0.2, 0) is 4.74 Å². The summed E-state index contributed by atoms with van der Waals surface area (Å²) in [7, 11) is 0. The first kappa shape index (κ1) is 23.6. The molecule has 33 heavy (non-hydrogen) atoms. The first-order chi connectivity index (χ1) is 16.2. The second kappa shape index (κ2) is 11.5. The van der Waals surface area contributed by atoms with Crippen LogP contribution >= 0.6 is 0 Å². The minimum atomic E-state index is -0.0540. The molecule has 2 aliphatic rings. The summed E-state index contributed by atoms with van der Waals surface area (Å²) in [6, 6.07) is 22.0. The molecule has 178 valence electrons. The average Bonchev–Trinajstić information content (AvgIpc) is 3.33. The molecule has 0 bridgehead atoms. The minimum Gasteiger partial charge on any atom is -0.381 e. The fourth-order valence-corrected chi connectivity index (χ4v) is 4.89. The van der Waals surface area contributed by atoms with E-state index in [-0.39, 0.29) is 11.6 Å². The zero-order valence-corrected chi connectivity index (χ0v) is 20.1. The molecule has 2 aromatic rings. The van der Waals surface area contributed by atoms with E-state index in [1.165, 1.54) is 11.3 Å².